The zero-order chi connectivity index (χ0) is 23.0. The summed E-state index contributed by atoms with van der Waals surface area (Å²) >= 11 is 1.72. The van der Waals surface area contributed by atoms with E-state index in [1.807, 2.05) is 0 Å². The molecular weight excluding hydrogens is 597 g/mol. The number of unbranched alkanes of at least 4 members (excludes halogenated alkanes) is 9. The Morgan fingerprint density at radius 3 is 1.00 bits per heavy atom. The van der Waals surface area contributed by atoms with Crippen LogP contribution >= 0.6 is 0 Å². The minimum atomic E-state index is 0.574. The van der Waals surface area contributed by atoms with Gasteiger partial charge in [-0.15, -0.1) is 0 Å². The second-order valence-electron chi connectivity index (χ2n) is 9.80. The molecule has 1 aromatic carbocycles. The fourth-order valence-corrected chi connectivity index (χ4v) is 13.7. The Balaban J connectivity index is 1.68. The molecule has 0 N–H and O–H groups in total. The van der Waals surface area contributed by atoms with E-state index in [-0.39, 0.29) is 0 Å². The van der Waals surface area contributed by atoms with Gasteiger partial charge in [-0.2, -0.15) is 0 Å². The van der Waals surface area contributed by atoms with Crippen LogP contribution in [-0.2, 0) is 19.3 Å². The summed E-state index contributed by atoms with van der Waals surface area (Å²) < 4.78 is 10.7. The van der Waals surface area contributed by atoms with Crippen LogP contribution in [0.4, 0.5) is 0 Å². The molecule has 0 aliphatic rings. The van der Waals surface area contributed by atoms with Gasteiger partial charge < -0.3 is 0 Å². The molecular formula is C30H42Se3. The summed E-state index contributed by atoms with van der Waals surface area (Å²) in [7, 11) is 0. The van der Waals surface area contributed by atoms with E-state index in [0.29, 0.717) is 43.5 Å². The first-order valence-electron chi connectivity index (χ1n) is 13.6. The molecule has 4 aromatic rings. The van der Waals surface area contributed by atoms with E-state index in [1.54, 1.807) is 42.3 Å². The van der Waals surface area contributed by atoms with E-state index in [1.165, 1.54) is 96.3 Å². The molecule has 3 heterocycles. The van der Waals surface area contributed by atoms with Crippen LogP contribution in [0, 0.1) is 0 Å². The number of aryl methyl sites for hydroxylation is 3. The standard InChI is InChI=1S/C30H42Se3/c1-4-7-10-13-16-22-19-25-28(31-22)26-20-23(17-14-11-8-5-2)33-30(26)27-21-24(32-29(25)27)18-15-12-9-6-3/h19-21H,4-18H2,1-3H3. The molecule has 0 unspecified atom stereocenters. The molecule has 0 aliphatic heterocycles. The van der Waals surface area contributed by atoms with Gasteiger partial charge in [-0.3, -0.25) is 0 Å². The van der Waals surface area contributed by atoms with Gasteiger partial charge in [0.1, 0.15) is 0 Å². The van der Waals surface area contributed by atoms with Crippen molar-refractivity contribution in [1.82, 2.24) is 0 Å². The van der Waals surface area contributed by atoms with Gasteiger partial charge in [0, 0.05) is 0 Å². The number of rotatable bonds is 15. The molecule has 0 nitrogen and oxygen atoms in total. The van der Waals surface area contributed by atoms with E-state index in [4.69, 9.17) is 0 Å². The zero-order valence-corrected chi connectivity index (χ0v) is 26.2. The SMILES string of the molecule is CCCCCCc1cc2c([se]1)c1cc(CCCCCC)[se]c1c1cc(CCCCCC)[se]c21. The van der Waals surface area contributed by atoms with Crippen LogP contribution in [-0.4, -0.2) is 43.5 Å². The van der Waals surface area contributed by atoms with Gasteiger partial charge in [-0.05, 0) is 0 Å². The Labute approximate surface area is 219 Å². The summed E-state index contributed by atoms with van der Waals surface area (Å²) in [6, 6.07) is 8.03. The second-order valence-corrected chi connectivity index (χ2v) is 17.0. The van der Waals surface area contributed by atoms with Crippen LogP contribution in [0.5, 0.6) is 0 Å². The summed E-state index contributed by atoms with van der Waals surface area (Å²) in [5.41, 5.74) is 0. The number of benzene rings is 1. The predicted molar refractivity (Wildman–Crippen MR) is 153 cm³/mol. The molecule has 0 aliphatic carbocycles. The summed E-state index contributed by atoms with van der Waals surface area (Å²) in [6.45, 7) is 6.97. The van der Waals surface area contributed by atoms with Gasteiger partial charge >= 0.3 is 221 Å². The van der Waals surface area contributed by atoms with Crippen molar-refractivity contribution in [2.24, 2.45) is 0 Å². The molecule has 0 bridgehead atoms. The van der Waals surface area contributed by atoms with Crippen LogP contribution < -0.4 is 0 Å². The third-order valence-electron chi connectivity index (χ3n) is 6.91. The maximum absolute atomic E-state index is 2.68. The van der Waals surface area contributed by atoms with E-state index in [2.05, 4.69) is 39.0 Å². The van der Waals surface area contributed by atoms with Gasteiger partial charge in [0.05, 0.1) is 0 Å². The normalized spacial score (nSPS) is 12.1. The average molecular weight is 640 g/mol. The third kappa shape index (κ3) is 6.61. The Bertz CT molecular complexity index is 898. The van der Waals surface area contributed by atoms with E-state index in [9.17, 15) is 0 Å². The minimum absolute atomic E-state index is 0.574. The first-order chi connectivity index (χ1) is 16.2. The maximum atomic E-state index is 2.68. The van der Waals surface area contributed by atoms with E-state index < -0.39 is 0 Å². The molecule has 3 heteroatoms. The van der Waals surface area contributed by atoms with Crippen LogP contribution in [0.25, 0.3) is 28.9 Å². The zero-order valence-electron chi connectivity index (χ0n) is 21.1. The molecule has 0 saturated carbocycles. The van der Waals surface area contributed by atoms with Crippen molar-refractivity contribution < 1.29 is 0 Å². The van der Waals surface area contributed by atoms with Gasteiger partial charge in [-0.1, -0.05) is 0 Å². The third-order valence-corrected chi connectivity index (χ3v) is 14.6. The predicted octanol–water partition coefficient (Wildman–Crippen LogP) is 8.69. The van der Waals surface area contributed by atoms with Gasteiger partial charge in [0.15, 0.2) is 0 Å². The average Bonchev–Trinajstić information content (AvgIpc) is 3.53. The number of fused-ring (bicyclic) bond motifs is 6. The van der Waals surface area contributed by atoms with E-state index >= 15 is 0 Å². The topological polar surface area (TPSA) is 0 Å². The molecule has 3 aromatic heterocycles. The Hall–Kier alpha value is -0.00156. The second kappa shape index (κ2) is 13.3. The van der Waals surface area contributed by atoms with Crippen LogP contribution in [0.15, 0.2) is 18.2 Å². The van der Waals surface area contributed by atoms with Crippen molar-refractivity contribution in [3.63, 3.8) is 0 Å². The Morgan fingerprint density at radius 1 is 0.424 bits per heavy atom. The Kier molecular flexibility index (Phi) is 10.5. The molecule has 0 atom stereocenters. The fraction of sp³-hybridized carbons (Fsp3) is 0.600. The molecule has 33 heavy (non-hydrogen) atoms. The van der Waals surface area contributed by atoms with Crippen molar-refractivity contribution in [3.05, 3.63) is 31.5 Å². The first kappa shape index (κ1) is 26.1. The van der Waals surface area contributed by atoms with E-state index in [0.717, 1.165) is 0 Å². The van der Waals surface area contributed by atoms with Crippen LogP contribution in [0.1, 0.15) is 111 Å². The molecule has 0 radical (unpaired) electrons. The number of hydrogen-bond acceptors (Lipinski definition) is 0. The van der Waals surface area contributed by atoms with Crippen molar-refractivity contribution in [2.75, 3.05) is 0 Å². The Morgan fingerprint density at radius 2 is 0.727 bits per heavy atom. The van der Waals surface area contributed by atoms with Crippen LogP contribution in [0.2, 0.25) is 0 Å². The summed E-state index contributed by atoms with van der Waals surface area (Å²) in [6.07, 6.45) is 20.7. The number of hydrogen-bond donors (Lipinski definition) is 0. The molecule has 0 saturated heterocycles. The van der Waals surface area contributed by atoms with Crippen molar-refractivity contribution >= 4 is 72.4 Å². The molecule has 180 valence electrons. The van der Waals surface area contributed by atoms with Gasteiger partial charge in [0.2, 0.25) is 0 Å². The quantitative estimate of drug-likeness (QED) is 0.0903. The monoisotopic (exact) mass is 642 g/mol. The van der Waals surface area contributed by atoms with Crippen molar-refractivity contribution in [1.29, 1.82) is 0 Å². The van der Waals surface area contributed by atoms with Crippen molar-refractivity contribution in [3.8, 4) is 0 Å². The van der Waals surface area contributed by atoms with Crippen LogP contribution in [0.3, 0.4) is 0 Å². The fourth-order valence-electron chi connectivity index (χ4n) is 4.98. The van der Waals surface area contributed by atoms with Gasteiger partial charge in [-0.25, -0.2) is 0 Å². The molecule has 0 amide bonds. The van der Waals surface area contributed by atoms with Crippen molar-refractivity contribution in [2.45, 2.75) is 117 Å². The summed E-state index contributed by atoms with van der Waals surface area (Å²) in [4.78, 5) is 0. The molecule has 0 fully saturated rings. The molecule has 0 spiro atoms. The first-order valence-corrected chi connectivity index (χ1v) is 18.8. The molecule has 4 rings (SSSR count). The summed E-state index contributed by atoms with van der Waals surface area (Å²) in [5.74, 6) is 0. The van der Waals surface area contributed by atoms with Gasteiger partial charge in [0.25, 0.3) is 0 Å². The summed E-state index contributed by atoms with van der Waals surface area (Å²) in [5, 5.41) is 5.11.